The Kier molecular flexibility index (Phi) is 5.35. The zero-order valence-corrected chi connectivity index (χ0v) is 14.4. The topological polar surface area (TPSA) is 79.1 Å². The molecule has 0 radical (unpaired) electrons. The van der Waals surface area contributed by atoms with Gasteiger partial charge in [0, 0.05) is 24.8 Å². The number of rotatable bonds is 4. The van der Waals surface area contributed by atoms with E-state index >= 15 is 0 Å². The van der Waals surface area contributed by atoms with Gasteiger partial charge in [0.15, 0.2) is 5.88 Å². The molecule has 7 heteroatoms. The number of hydrazone groups is 1. The first-order valence-corrected chi connectivity index (χ1v) is 8.21. The van der Waals surface area contributed by atoms with Crippen molar-refractivity contribution in [2.45, 2.75) is 13.8 Å². The molecule has 132 valence electrons. The van der Waals surface area contributed by atoms with Crippen LogP contribution in [-0.4, -0.2) is 38.5 Å². The zero-order valence-electron chi connectivity index (χ0n) is 14.4. The minimum absolute atomic E-state index is 0.403. The summed E-state index contributed by atoms with van der Waals surface area (Å²) in [5.41, 5.74) is 5.45. The van der Waals surface area contributed by atoms with Crippen molar-refractivity contribution in [3.63, 3.8) is 0 Å². The van der Waals surface area contributed by atoms with Crippen LogP contribution < -0.4 is 15.6 Å². The third kappa shape index (κ3) is 4.60. The number of ether oxygens (including phenoxy) is 1. The van der Waals surface area contributed by atoms with Crippen molar-refractivity contribution in [2.24, 2.45) is 5.10 Å². The predicted octanol–water partition coefficient (Wildman–Crippen LogP) is 2.89. The van der Waals surface area contributed by atoms with E-state index in [0.717, 1.165) is 30.2 Å². The van der Waals surface area contributed by atoms with Crippen molar-refractivity contribution in [1.29, 1.82) is 0 Å². The molecule has 7 nitrogen and oxygen atoms in total. The second kappa shape index (κ2) is 7.85. The molecule has 0 atom stereocenters. The van der Waals surface area contributed by atoms with E-state index in [1.807, 2.05) is 44.2 Å². The number of nitrogens with one attached hydrogen (secondary N) is 2. The summed E-state index contributed by atoms with van der Waals surface area (Å²) in [6.07, 6.45) is 1.48. The summed E-state index contributed by atoms with van der Waals surface area (Å²) in [6.45, 7) is 7.04. The highest BCUT2D eigenvalue weighted by Crippen LogP contribution is 2.18. The summed E-state index contributed by atoms with van der Waals surface area (Å²) in [5.74, 6) is 1.36. The van der Waals surface area contributed by atoms with Crippen molar-refractivity contribution >= 4 is 23.8 Å². The van der Waals surface area contributed by atoms with Crippen LogP contribution in [0.2, 0.25) is 0 Å². The second-order valence-electron chi connectivity index (χ2n) is 5.90. The summed E-state index contributed by atoms with van der Waals surface area (Å²) in [4.78, 5) is 14.0. The van der Waals surface area contributed by atoms with Gasteiger partial charge in [0.05, 0.1) is 19.4 Å². The fourth-order valence-electron chi connectivity index (χ4n) is 2.50. The van der Waals surface area contributed by atoms with Crippen molar-refractivity contribution in [3.05, 3.63) is 47.2 Å². The van der Waals surface area contributed by atoms with Gasteiger partial charge in [0.25, 0.3) is 0 Å². The van der Waals surface area contributed by atoms with Gasteiger partial charge in [-0.25, -0.2) is 10.2 Å². The number of anilines is 2. The molecule has 0 aliphatic carbocycles. The number of morpholine rings is 1. The maximum atomic E-state index is 11.9. The average Bonchev–Trinajstić information content (AvgIpc) is 3.08. The third-order valence-electron chi connectivity index (χ3n) is 4.06. The first-order chi connectivity index (χ1) is 12.1. The van der Waals surface area contributed by atoms with Crippen molar-refractivity contribution < 1.29 is 13.9 Å². The molecule has 0 unspecified atom stereocenters. The van der Waals surface area contributed by atoms with Gasteiger partial charge in [-0.15, -0.1) is 0 Å². The number of hydrogen-bond donors (Lipinski definition) is 2. The Labute approximate surface area is 146 Å². The van der Waals surface area contributed by atoms with E-state index in [1.165, 1.54) is 11.8 Å². The predicted molar refractivity (Wildman–Crippen MR) is 97.4 cm³/mol. The van der Waals surface area contributed by atoms with Gasteiger partial charge in [-0.3, -0.25) is 0 Å². The van der Waals surface area contributed by atoms with E-state index < -0.39 is 6.03 Å². The molecular weight excluding hydrogens is 320 g/mol. The van der Waals surface area contributed by atoms with Gasteiger partial charge in [0.2, 0.25) is 0 Å². The third-order valence-corrected chi connectivity index (χ3v) is 4.06. The molecule has 1 fully saturated rings. The van der Waals surface area contributed by atoms with Crippen LogP contribution in [0.25, 0.3) is 0 Å². The Balaban J connectivity index is 1.51. The molecule has 1 aromatic carbocycles. The molecule has 2 heterocycles. The van der Waals surface area contributed by atoms with Crippen LogP contribution in [0.3, 0.4) is 0 Å². The highest BCUT2D eigenvalue weighted by molar-refractivity contribution is 5.90. The standard InChI is InChI=1S/C18H22N4O3/c1-13-3-4-15(11-14(13)2)20-18(23)21-19-12-16-5-6-17(25-16)22-7-9-24-10-8-22/h3-6,11-12H,7-10H2,1-2H3,(H2,20,21,23)/b19-12+. The maximum absolute atomic E-state index is 11.9. The lowest BCUT2D eigenvalue weighted by molar-refractivity contribution is 0.120. The van der Waals surface area contributed by atoms with E-state index in [0.29, 0.717) is 19.0 Å². The van der Waals surface area contributed by atoms with Crippen molar-refractivity contribution in [1.82, 2.24) is 5.43 Å². The van der Waals surface area contributed by atoms with Crippen LogP contribution in [0.4, 0.5) is 16.4 Å². The normalized spacial score (nSPS) is 14.7. The Morgan fingerprint density at radius 2 is 1.96 bits per heavy atom. The molecule has 2 aromatic rings. The number of aryl methyl sites for hydroxylation is 2. The Hall–Kier alpha value is -2.80. The lowest BCUT2D eigenvalue weighted by atomic mass is 10.1. The number of benzene rings is 1. The van der Waals surface area contributed by atoms with Gasteiger partial charge < -0.3 is 19.4 Å². The molecule has 2 amide bonds. The van der Waals surface area contributed by atoms with E-state index in [9.17, 15) is 4.79 Å². The summed E-state index contributed by atoms with van der Waals surface area (Å²) in [6, 6.07) is 9.04. The number of carbonyl (C=O) groups is 1. The average molecular weight is 342 g/mol. The lowest BCUT2D eigenvalue weighted by Gasteiger charge is -2.26. The first-order valence-electron chi connectivity index (χ1n) is 8.21. The molecule has 0 spiro atoms. The molecule has 1 aliphatic heterocycles. The molecule has 25 heavy (non-hydrogen) atoms. The minimum Gasteiger partial charge on any atom is -0.440 e. The Bertz CT molecular complexity index is 763. The largest absolute Gasteiger partial charge is 0.440 e. The Morgan fingerprint density at radius 1 is 1.16 bits per heavy atom. The molecular formula is C18H22N4O3. The summed E-state index contributed by atoms with van der Waals surface area (Å²) < 4.78 is 11.0. The zero-order chi connectivity index (χ0) is 17.6. The number of amides is 2. The number of hydrogen-bond acceptors (Lipinski definition) is 5. The van der Waals surface area contributed by atoms with Gasteiger partial charge in [-0.2, -0.15) is 5.10 Å². The molecule has 1 aromatic heterocycles. The van der Waals surface area contributed by atoms with Crippen LogP contribution in [0, 0.1) is 13.8 Å². The van der Waals surface area contributed by atoms with E-state index in [4.69, 9.17) is 9.15 Å². The fourth-order valence-corrected chi connectivity index (χ4v) is 2.50. The van der Waals surface area contributed by atoms with Crippen LogP contribution in [-0.2, 0) is 4.74 Å². The monoisotopic (exact) mass is 342 g/mol. The minimum atomic E-state index is -0.403. The van der Waals surface area contributed by atoms with Crippen LogP contribution >= 0.6 is 0 Å². The molecule has 3 rings (SSSR count). The highest BCUT2D eigenvalue weighted by Gasteiger charge is 2.14. The van der Waals surface area contributed by atoms with Gasteiger partial charge in [-0.05, 0) is 43.2 Å². The Morgan fingerprint density at radius 3 is 2.72 bits per heavy atom. The van der Waals surface area contributed by atoms with Crippen LogP contribution in [0.1, 0.15) is 16.9 Å². The summed E-state index contributed by atoms with van der Waals surface area (Å²) in [7, 11) is 0. The molecule has 1 aliphatic rings. The van der Waals surface area contributed by atoms with E-state index in [1.54, 1.807) is 0 Å². The first kappa shape index (κ1) is 17.0. The maximum Gasteiger partial charge on any atom is 0.339 e. The number of furan rings is 1. The van der Waals surface area contributed by atoms with Crippen molar-refractivity contribution in [3.8, 4) is 0 Å². The highest BCUT2D eigenvalue weighted by atomic mass is 16.5. The SMILES string of the molecule is Cc1ccc(NC(=O)N/N=C/c2ccc(N3CCOCC3)o2)cc1C. The molecule has 1 saturated heterocycles. The number of carbonyl (C=O) groups excluding carboxylic acids is 1. The molecule has 0 saturated carbocycles. The molecule has 2 N–H and O–H groups in total. The number of nitrogens with zero attached hydrogens (tertiary/aromatic N) is 2. The van der Waals surface area contributed by atoms with E-state index in [-0.39, 0.29) is 0 Å². The van der Waals surface area contributed by atoms with Gasteiger partial charge in [-0.1, -0.05) is 6.07 Å². The molecule has 0 bridgehead atoms. The van der Waals surface area contributed by atoms with Gasteiger partial charge in [0.1, 0.15) is 5.76 Å². The smallest absolute Gasteiger partial charge is 0.339 e. The second-order valence-corrected chi connectivity index (χ2v) is 5.90. The van der Waals surface area contributed by atoms with E-state index in [2.05, 4.69) is 20.7 Å². The van der Waals surface area contributed by atoms with Crippen LogP contribution in [0.15, 0.2) is 39.9 Å². The number of urea groups is 1. The van der Waals surface area contributed by atoms with Crippen LogP contribution in [0.5, 0.6) is 0 Å². The summed E-state index contributed by atoms with van der Waals surface area (Å²) in [5, 5.41) is 6.65. The summed E-state index contributed by atoms with van der Waals surface area (Å²) >= 11 is 0. The van der Waals surface area contributed by atoms with Gasteiger partial charge >= 0.3 is 6.03 Å². The van der Waals surface area contributed by atoms with Crippen molar-refractivity contribution in [2.75, 3.05) is 36.5 Å². The fraction of sp³-hybridized carbons (Fsp3) is 0.333. The lowest BCUT2D eigenvalue weighted by Crippen LogP contribution is -2.35. The quantitative estimate of drug-likeness (QED) is 0.661.